The highest BCUT2D eigenvalue weighted by atomic mass is 35.5. The van der Waals surface area contributed by atoms with Gasteiger partial charge in [0, 0.05) is 11.6 Å². The summed E-state index contributed by atoms with van der Waals surface area (Å²) < 4.78 is 14.0. The van der Waals surface area contributed by atoms with Crippen molar-refractivity contribution in [1.29, 1.82) is 0 Å². The molecule has 7 heteroatoms. The number of likely N-dealkylation sites (tertiary alicyclic amines) is 1. The maximum absolute atomic E-state index is 14.0. The molecule has 1 fully saturated rings. The molecular weight excluding hydrogens is 307 g/mol. The van der Waals surface area contributed by atoms with Crippen molar-refractivity contribution < 1.29 is 9.18 Å². The quantitative estimate of drug-likeness (QED) is 0.923. The molecular formula is C15H16ClFN4O. The topological polar surface area (TPSA) is 61.9 Å². The molecule has 1 amide bonds. The number of piperidine rings is 1. The van der Waals surface area contributed by atoms with Gasteiger partial charge in [-0.05, 0) is 44.4 Å². The van der Waals surface area contributed by atoms with Crippen LogP contribution in [0, 0.1) is 12.7 Å². The van der Waals surface area contributed by atoms with Gasteiger partial charge in [-0.3, -0.25) is 9.89 Å². The summed E-state index contributed by atoms with van der Waals surface area (Å²) in [7, 11) is 0. The Labute approximate surface area is 132 Å². The lowest BCUT2D eigenvalue weighted by atomic mass is 10.00. The molecule has 0 spiro atoms. The van der Waals surface area contributed by atoms with E-state index in [9.17, 15) is 9.18 Å². The third kappa shape index (κ3) is 2.83. The number of amides is 1. The van der Waals surface area contributed by atoms with Crippen LogP contribution >= 0.6 is 11.6 Å². The van der Waals surface area contributed by atoms with Crippen LogP contribution in [-0.2, 0) is 0 Å². The molecule has 0 radical (unpaired) electrons. The maximum Gasteiger partial charge on any atom is 0.257 e. The molecule has 116 valence electrons. The van der Waals surface area contributed by atoms with E-state index in [1.165, 1.54) is 18.2 Å². The molecule has 5 nitrogen and oxygen atoms in total. The van der Waals surface area contributed by atoms with Gasteiger partial charge in [0.05, 0.1) is 11.6 Å². The Kier molecular flexibility index (Phi) is 4.11. The predicted molar refractivity (Wildman–Crippen MR) is 80.2 cm³/mol. The highest BCUT2D eigenvalue weighted by molar-refractivity contribution is 6.31. The van der Waals surface area contributed by atoms with E-state index in [0.29, 0.717) is 23.2 Å². The number of hydrogen-bond donors (Lipinski definition) is 1. The van der Waals surface area contributed by atoms with Crippen LogP contribution < -0.4 is 0 Å². The van der Waals surface area contributed by atoms with Gasteiger partial charge < -0.3 is 4.90 Å². The summed E-state index contributed by atoms with van der Waals surface area (Å²) in [6.07, 6.45) is 2.64. The highest BCUT2D eigenvalue weighted by Gasteiger charge is 2.32. The van der Waals surface area contributed by atoms with Gasteiger partial charge in [0.2, 0.25) is 0 Å². The van der Waals surface area contributed by atoms with Crippen molar-refractivity contribution in [3.63, 3.8) is 0 Å². The lowest BCUT2D eigenvalue weighted by Gasteiger charge is -2.34. The van der Waals surface area contributed by atoms with Crippen molar-refractivity contribution >= 4 is 17.5 Å². The molecule has 1 aliphatic rings. The molecule has 0 saturated carbocycles. The number of halogens is 2. The SMILES string of the molecule is Cc1nc(C2CCCCN2C(=O)c2cc(Cl)ccc2F)n[nH]1. The number of carbonyl (C=O) groups excluding carboxylic acids is 1. The summed E-state index contributed by atoms with van der Waals surface area (Å²) in [4.78, 5) is 18.7. The van der Waals surface area contributed by atoms with Gasteiger partial charge in [0.1, 0.15) is 11.6 Å². The Morgan fingerprint density at radius 1 is 1.45 bits per heavy atom. The molecule has 1 aromatic carbocycles. The van der Waals surface area contributed by atoms with Crippen molar-refractivity contribution in [1.82, 2.24) is 20.1 Å². The lowest BCUT2D eigenvalue weighted by Crippen LogP contribution is -2.39. The minimum Gasteiger partial charge on any atom is -0.328 e. The Morgan fingerprint density at radius 3 is 3.00 bits per heavy atom. The maximum atomic E-state index is 14.0. The number of H-pyrrole nitrogens is 1. The van der Waals surface area contributed by atoms with Crippen molar-refractivity contribution in [2.24, 2.45) is 0 Å². The van der Waals surface area contributed by atoms with E-state index >= 15 is 0 Å². The number of nitrogens with one attached hydrogen (secondary N) is 1. The first-order chi connectivity index (χ1) is 10.6. The molecule has 1 N–H and O–H groups in total. The molecule has 1 aliphatic heterocycles. The molecule has 1 saturated heterocycles. The van der Waals surface area contributed by atoms with Crippen LogP contribution in [0.15, 0.2) is 18.2 Å². The number of carbonyl (C=O) groups is 1. The Hall–Kier alpha value is -1.95. The Balaban J connectivity index is 1.93. The zero-order valence-electron chi connectivity index (χ0n) is 12.1. The zero-order chi connectivity index (χ0) is 15.7. The largest absolute Gasteiger partial charge is 0.328 e. The third-order valence-electron chi connectivity index (χ3n) is 3.84. The number of aromatic amines is 1. The summed E-state index contributed by atoms with van der Waals surface area (Å²) in [6, 6.07) is 3.78. The van der Waals surface area contributed by atoms with Crippen LogP contribution in [-0.4, -0.2) is 32.5 Å². The summed E-state index contributed by atoms with van der Waals surface area (Å²) in [5.74, 6) is 0.340. The van der Waals surface area contributed by atoms with Crippen LogP contribution in [0.4, 0.5) is 4.39 Å². The molecule has 0 aliphatic carbocycles. The first-order valence-corrected chi connectivity index (χ1v) is 7.59. The minimum absolute atomic E-state index is 0.00772. The zero-order valence-corrected chi connectivity index (χ0v) is 12.9. The molecule has 1 atom stereocenters. The standard InChI is InChI=1S/C15H16ClFN4O/c1-9-18-14(20-19-9)13-4-2-3-7-21(13)15(22)11-8-10(16)5-6-12(11)17/h5-6,8,13H,2-4,7H2,1H3,(H,18,19,20). The van der Waals surface area contributed by atoms with Crippen LogP contribution in [0.1, 0.15) is 47.3 Å². The molecule has 2 aromatic rings. The van der Waals surface area contributed by atoms with E-state index in [1.54, 1.807) is 4.90 Å². The van der Waals surface area contributed by atoms with Crippen molar-refractivity contribution in [3.8, 4) is 0 Å². The van der Waals surface area contributed by atoms with E-state index in [0.717, 1.165) is 19.3 Å². The van der Waals surface area contributed by atoms with Crippen LogP contribution in [0.25, 0.3) is 0 Å². The van der Waals surface area contributed by atoms with Crippen LogP contribution in [0.3, 0.4) is 0 Å². The molecule has 3 rings (SSSR count). The summed E-state index contributed by atoms with van der Waals surface area (Å²) in [5, 5.41) is 7.29. The number of benzene rings is 1. The highest BCUT2D eigenvalue weighted by Crippen LogP contribution is 2.31. The first kappa shape index (κ1) is 15.0. The normalized spacial score (nSPS) is 18.5. The van der Waals surface area contributed by atoms with Crippen molar-refractivity contribution in [2.75, 3.05) is 6.54 Å². The average Bonchev–Trinajstić information content (AvgIpc) is 2.95. The smallest absolute Gasteiger partial charge is 0.257 e. The molecule has 0 bridgehead atoms. The van der Waals surface area contributed by atoms with Gasteiger partial charge >= 0.3 is 0 Å². The second-order valence-electron chi connectivity index (χ2n) is 5.41. The van der Waals surface area contributed by atoms with E-state index < -0.39 is 5.82 Å². The van der Waals surface area contributed by atoms with Gasteiger partial charge in [-0.1, -0.05) is 11.6 Å². The van der Waals surface area contributed by atoms with Crippen molar-refractivity contribution in [2.45, 2.75) is 32.2 Å². The molecule has 1 aromatic heterocycles. The number of aromatic nitrogens is 3. The fraction of sp³-hybridized carbons (Fsp3) is 0.400. The fourth-order valence-electron chi connectivity index (χ4n) is 2.77. The number of nitrogens with zero attached hydrogens (tertiary/aromatic N) is 3. The third-order valence-corrected chi connectivity index (χ3v) is 4.07. The monoisotopic (exact) mass is 322 g/mol. The molecule has 2 heterocycles. The summed E-state index contributed by atoms with van der Waals surface area (Å²) in [6.45, 7) is 2.37. The fourth-order valence-corrected chi connectivity index (χ4v) is 2.94. The van der Waals surface area contributed by atoms with E-state index in [1.807, 2.05) is 6.92 Å². The number of aryl methyl sites for hydroxylation is 1. The summed E-state index contributed by atoms with van der Waals surface area (Å²) >= 11 is 5.89. The van der Waals surface area contributed by atoms with E-state index in [4.69, 9.17) is 11.6 Å². The number of hydrogen-bond acceptors (Lipinski definition) is 3. The van der Waals surface area contributed by atoms with Gasteiger partial charge in [-0.15, -0.1) is 0 Å². The van der Waals surface area contributed by atoms with Crippen LogP contribution in [0.2, 0.25) is 5.02 Å². The number of rotatable bonds is 2. The van der Waals surface area contributed by atoms with E-state index in [2.05, 4.69) is 15.2 Å². The first-order valence-electron chi connectivity index (χ1n) is 7.21. The van der Waals surface area contributed by atoms with Crippen molar-refractivity contribution in [3.05, 3.63) is 46.3 Å². The van der Waals surface area contributed by atoms with Crippen LogP contribution in [0.5, 0.6) is 0 Å². The van der Waals surface area contributed by atoms with Gasteiger partial charge in [-0.2, -0.15) is 5.10 Å². The second kappa shape index (κ2) is 6.04. The average molecular weight is 323 g/mol. The minimum atomic E-state index is -0.565. The van der Waals surface area contributed by atoms with Gasteiger partial charge in [0.15, 0.2) is 5.82 Å². The Morgan fingerprint density at radius 2 is 2.27 bits per heavy atom. The second-order valence-corrected chi connectivity index (χ2v) is 5.85. The molecule has 1 unspecified atom stereocenters. The summed E-state index contributed by atoms with van der Waals surface area (Å²) in [5.41, 5.74) is -0.00772. The molecule has 22 heavy (non-hydrogen) atoms. The van der Waals surface area contributed by atoms with Gasteiger partial charge in [-0.25, -0.2) is 9.37 Å². The van der Waals surface area contributed by atoms with Gasteiger partial charge in [0.25, 0.3) is 5.91 Å². The van der Waals surface area contributed by atoms with E-state index in [-0.39, 0.29) is 17.5 Å². The Bertz CT molecular complexity index is 703. The predicted octanol–water partition coefficient (Wildman–Crippen LogP) is 3.27. The lowest BCUT2D eigenvalue weighted by molar-refractivity contribution is 0.0595.